The van der Waals surface area contributed by atoms with E-state index in [0.717, 1.165) is 16.8 Å². The number of nitrogens with one attached hydrogen (secondary N) is 1. The van der Waals surface area contributed by atoms with Crippen LogP contribution in [0.5, 0.6) is 11.5 Å². The van der Waals surface area contributed by atoms with Gasteiger partial charge in [0.2, 0.25) is 0 Å². The van der Waals surface area contributed by atoms with Crippen LogP contribution in [0.1, 0.15) is 11.1 Å². The first kappa shape index (κ1) is 16.6. The van der Waals surface area contributed by atoms with E-state index in [1.807, 2.05) is 78.9 Å². The van der Waals surface area contributed by atoms with Crippen LogP contribution in [0.15, 0.2) is 84.0 Å². The van der Waals surface area contributed by atoms with E-state index in [2.05, 4.69) is 10.5 Å². The Kier molecular flexibility index (Phi) is 5.67. The smallest absolute Gasteiger partial charge is 0.170 e. The molecule has 4 heteroatoms. The second kappa shape index (κ2) is 8.55. The van der Waals surface area contributed by atoms with Crippen molar-refractivity contribution < 1.29 is 9.47 Å². The van der Waals surface area contributed by atoms with Gasteiger partial charge < -0.3 is 9.47 Å². The second-order valence-corrected chi connectivity index (χ2v) is 5.39. The van der Waals surface area contributed by atoms with Crippen LogP contribution in [0.4, 0.5) is 5.69 Å². The predicted octanol–water partition coefficient (Wildman–Crippen LogP) is 4.72. The Morgan fingerprint density at radius 2 is 1.60 bits per heavy atom. The molecule has 3 rings (SSSR count). The molecule has 25 heavy (non-hydrogen) atoms. The predicted molar refractivity (Wildman–Crippen MR) is 101 cm³/mol. The highest BCUT2D eigenvalue weighted by Crippen LogP contribution is 2.30. The number of rotatable bonds is 7. The molecule has 3 aromatic rings. The number of hydrazone groups is 1. The molecule has 0 fully saturated rings. The average Bonchev–Trinajstić information content (AvgIpc) is 2.68. The molecule has 0 bridgehead atoms. The van der Waals surface area contributed by atoms with Crippen molar-refractivity contribution in [1.29, 1.82) is 0 Å². The molecule has 0 unspecified atom stereocenters. The van der Waals surface area contributed by atoms with Crippen LogP contribution in [0.2, 0.25) is 0 Å². The molecule has 3 aromatic carbocycles. The molecule has 0 aliphatic carbocycles. The first-order valence-electron chi connectivity index (χ1n) is 8.04. The number of benzene rings is 3. The second-order valence-electron chi connectivity index (χ2n) is 5.39. The third-order valence-electron chi connectivity index (χ3n) is 3.63. The number of anilines is 1. The summed E-state index contributed by atoms with van der Waals surface area (Å²) in [6.07, 6.45) is 1.73. The van der Waals surface area contributed by atoms with Crippen LogP contribution in [0.25, 0.3) is 0 Å². The van der Waals surface area contributed by atoms with Gasteiger partial charge in [-0.3, -0.25) is 5.43 Å². The van der Waals surface area contributed by atoms with Gasteiger partial charge in [-0.2, -0.15) is 5.10 Å². The fraction of sp³-hybridized carbons (Fsp3) is 0.0952. The Morgan fingerprint density at radius 3 is 2.32 bits per heavy atom. The summed E-state index contributed by atoms with van der Waals surface area (Å²) in [4.78, 5) is 0. The summed E-state index contributed by atoms with van der Waals surface area (Å²) in [5, 5.41) is 4.29. The summed E-state index contributed by atoms with van der Waals surface area (Å²) in [5.41, 5.74) is 5.87. The van der Waals surface area contributed by atoms with Crippen LogP contribution in [0, 0.1) is 0 Å². The van der Waals surface area contributed by atoms with Crippen LogP contribution in [0.3, 0.4) is 0 Å². The van der Waals surface area contributed by atoms with E-state index < -0.39 is 0 Å². The van der Waals surface area contributed by atoms with E-state index in [9.17, 15) is 0 Å². The summed E-state index contributed by atoms with van der Waals surface area (Å²) in [6.45, 7) is 0.466. The molecule has 4 nitrogen and oxygen atoms in total. The lowest BCUT2D eigenvalue weighted by Crippen LogP contribution is -2.01. The van der Waals surface area contributed by atoms with Gasteiger partial charge in [0.15, 0.2) is 11.5 Å². The fourth-order valence-electron chi connectivity index (χ4n) is 2.37. The van der Waals surface area contributed by atoms with Gasteiger partial charge in [0.05, 0.1) is 19.0 Å². The Bertz CT molecular complexity index is 818. The van der Waals surface area contributed by atoms with Crippen LogP contribution >= 0.6 is 0 Å². The average molecular weight is 332 g/mol. The normalized spacial score (nSPS) is 10.6. The van der Waals surface area contributed by atoms with Crippen molar-refractivity contribution in [2.24, 2.45) is 5.10 Å². The highest BCUT2D eigenvalue weighted by Gasteiger charge is 2.09. The molecule has 0 aromatic heterocycles. The minimum absolute atomic E-state index is 0.466. The first-order chi connectivity index (χ1) is 12.4. The summed E-state index contributed by atoms with van der Waals surface area (Å²) < 4.78 is 11.4. The molecule has 0 heterocycles. The molecule has 1 N–H and O–H groups in total. The molecule has 0 saturated carbocycles. The summed E-state index contributed by atoms with van der Waals surface area (Å²) in [7, 11) is 1.63. The van der Waals surface area contributed by atoms with Gasteiger partial charge >= 0.3 is 0 Å². The molecule has 0 amide bonds. The highest BCUT2D eigenvalue weighted by atomic mass is 16.5. The lowest BCUT2D eigenvalue weighted by molar-refractivity contribution is 0.284. The maximum absolute atomic E-state index is 6.00. The summed E-state index contributed by atoms with van der Waals surface area (Å²) in [5.74, 6) is 1.35. The Labute approximate surface area is 147 Å². The number of nitrogens with zero attached hydrogens (tertiary/aromatic N) is 1. The molecule has 0 aliphatic rings. The molecule has 0 aliphatic heterocycles. The maximum Gasteiger partial charge on any atom is 0.170 e. The minimum Gasteiger partial charge on any atom is -0.493 e. The van der Waals surface area contributed by atoms with E-state index in [0.29, 0.717) is 18.1 Å². The standard InChI is InChI=1S/C21H20N2O2/c1-24-20-14-8-11-18(15-22-23-19-12-6-3-7-13-19)21(20)25-16-17-9-4-2-5-10-17/h2-15,23H,16H2,1H3. The van der Waals surface area contributed by atoms with Gasteiger partial charge in [-0.1, -0.05) is 54.6 Å². The third kappa shape index (κ3) is 4.61. The van der Waals surface area contributed by atoms with Gasteiger partial charge in [0.25, 0.3) is 0 Å². The van der Waals surface area contributed by atoms with Gasteiger partial charge in [-0.25, -0.2) is 0 Å². The Morgan fingerprint density at radius 1 is 0.880 bits per heavy atom. The number of hydrogen-bond donors (Lipinski definition) is 1. The Balaban J connectivity index is 1.76. The van der Waals surface area contributed by atoms with Crippen molar-refractivity contribution in [2.75, 3.05) is 12.5 Å². The number of hydrogen-bond acceptors (Lipinski definition) is 4. The van der Waals surface area contributed by atoms with Crippen molar-refractivity contribution in [3.05, 3.63) is 90.0 Å². The zero-order valence-corrected chi connectivity index (χ0v) is 14.1. The fourth-order valence-corrected chi connectivity index (χ4v) is 2.37. The highest BCUT2D eigenvalue weighted by molar-refractivity contribution is 5.85. The summed E-state index contributed by atoms with van der Waals surface area (Å²) >= 11 is 0. The third-order valence-corrected chi connectivity index (χ3v) is 3.63. The topological polar surface area (TPSA) is 42.8 Å². The lowest BCUT2D eigenvalue weighted by atomic mass is 10.2. The molecule has 0 saturated heterocycles. The van der Waals surface area contributed by atoms with E-state index in [4.69, 9.17) is 9.47 Å². The van der Waals surface area contributed by atoms with Gasteiger partial charge in [-0.15, -0.1) is 0 Å². The van der Waals surface area contributed by atoms with Gasteiger partial charge in [0.1, 0.15) is 6.61 Å². The lowest BCUT2D eigenvalue weighted by Gasteiger charge is -2.13. The first-order valence-corrected chi connectivity index (χ1v) is 8.04. The number of para-hydroxylation sites is 2. The minimum atomic E-state index is 0.466. The van der Waals surface area contributed by atoms with Crippen molar-refractivity contribution in [1.82, 2.24) is 0 Å². The molecule has 0 radical (unpaired) electrons. The summed E-state index contributed by atoms with van der Waals surface area (Å²) in [6, 6.07) is 25.5. The molecule has 0 atom stereocenters. The number of ether oxygens (including phenoxy) is 2. The van der Waals surface area contributed by atoms with Crippen LogP contribution in [-0.4, -0.2) is 13.3 Å². The van der Waals surface area contributed by atoms with Gasteiger partial charge in [0, 0.05) is 5.56 Å². The quantitative estimate of drug-likeness (QED) is 0.503. The van der Waals surface area contributed by atoms with E-state index >= 15 is 0 Å². The molecule has 126 valence electrons. The van der Waals surface area contributed by atoms with Crippen molar-refractivity contribution in [3.63, 3.8) is 0 Å². The van der Waals surface area contributed by atoms with Crippen molar-refractivity contribution in [2.45, 2.75) is 6.61 Å². The monoisotopic (exact) mass is 332 g/mol. The van der Waals surface area contributed by atoms with E-state index in [1.54, 1.807) is 13.3 Å². The van der Waals surface area contributed by atoms with Crippen LogP contribution < -0.4 is 14.9 Å². The molecular weight excluding hydrogens is 312 g/mol. The molecular formula is C21H20N2O2. The SMILES string of the molecule is COc1cccc(C=NNc2ccccc2)c1OCc1ccccc1. The Hall–Kier alpha value is -3.27. The van der Waals surface area contributed by atoms with Crippen LogP contribution in [-0.2, 0) is 6.61 Å². The zero-order valence-electron chi connectivity index (χ0n) is 14.1. The zero-order chi connectivity index (χ0) is 17.3. The van der Waals surface area contributed by atoms with E-state index in [-0.39, 0.29) is 0 Å². The van der Waals surface area contributed by atoms with Crippen molar-refractivity contribution >= 4 is 11.9 Å². The molecule has 0 spiro atoms. The van der Waals surface area contributed by atoms with Crippen molar-refractivity contribution in [3.8, 4) is 11.5 Å². The van der Waals surface area contributed by atoms with E-state index in [1.165, 1.54) is 0 Å². The largest absolute Gasteiger partial charge is 0.493 e. The maximum atomic E-state index is 6.00. The van der Waals surface area contributed by atoms with Gasteiger partial charge in [-0.05, 0) is 29.8 Å². The number of methoxy groups -OCH3 is 1.